The van der Waals surface area contributed by atoms with Gasteiger partial charge in [-0.2, -0.15) is 0 Å². The number of allylic oxidation sites excluding steroid dienone is 2. The number of carbonyl (C=O) groups is 1. The van der Waals surface area contributed by atoms with Crippen molar-refractivity contribution in [1.29, 1.82) is 0 Å². The van der Waals surface area contributed by atoms with Crippen LogP contribution < -0.4 is 0 Å². The summed E-state index contributed by atoms with van der Waals surface area (Å²) in [6.07, 6.45) is 6.71. The van der Waals surface area contributed by atoms with Crippen LogP contribution in [0.4, 0.5) is 0 Å². The lowest BCUT2D eigenvalue weighted by molar-refractivity contribution is -0.137. The van der Waals surface area contributed by atoms with Gasteiger partial charge in [0.25, 0.3) is 0 Å². The summed E-state index contributed by atoms with van der Waals surface area (Å²) in [5.41, 5.74) is 1.19. The smallest absolute Gasteiger partial charge is 0.303 e. The molecule has 2 bridgehead atoms. The Balaban J connectivity index is 1.88. The minimum atomic E-state index is -0.704. The molecule has 4 atom stereocenters. The van der Waals surface area contributed by atoms with Crippen molar-refractivity contribution >= 4 is 17.6 Å². The fourth-order valence-electron chi connectivity index (χ4n) is 3.81. The maximum absolute atomic E-state index is 10.8. The van der Waals surface area contributed by atoms with Crippen molar-refractivity contribution < 1.29 is 9.90 Å². The molecule has 1 aromatic rings. The molecule has 0 aromatic heterocycles. The van der Waals surface area contributed by atoms with Crippen molar-refractivity contribution in [3.63, 3.8) is 0 Å². The van der Waals surface area contributed by atoms with Gasteiger partial charge in [-0.05, 0) is 48.1 Å². The van der Waals surface area contributed by atoms with E-state index in [1.54, 1.807) is 0 Å². The molecule has 1 N–H and O–H groups in total. The number of carboxylic acid groups (broad SMARTS) is 1. The number of benzene rings is 1. The summed E-state index contributed by atoms with van der Waals surface area (Å²) >= 11 is 6.33. The summed E-state index contributed by atoms with van der Waals surface area (Å²) in [6.45, 7) is 0. The molecule has 100 valence electrons. The topological polar surface area (TPSA) is 37.3 Å². The van der Waals surface area contributed by atoms with Gasteiger partial charge in [0, 0.05) is 11.4 Å². The van der Waals surface area contributed by atoms with Crippen LogP contribution in [0.15, 0.2) is 36.4 Å². The molecule has 0 aliphatic heterocycles. The van der Waals surface area contributed by atoms with Crippen molar-refractivity contribution in [3.8, 4) is 0 Å². The summed E-state index contributed by atoms with van der Waals surface area (Å²) < 4.78 is 0. The second-order valence-electron chi connectivity index (χ2n) is 5.59. The van der Waals surface area contributed by atoms with Crippen molar-refractivity contribution in [2.75, 3.05) is 0 Å². The van der Waals surface area contributed by atoms with E-state index in [1.807, 2.05) is 18.2 Å². The molecule has 2 nitrogen and oxygen atoms in total. The largest absolute Gasteiger partial charge is 0.481 e. The van der Waals surface area contributed by atoms with Gasteiger partial charge in [0.15, 0.2) is 0 Å². The lowest BCUT2D eigenvalue weighted by Crippen LogP contribution is -2.19. The average molecular weight is 277 g/mol. The van der Waals surface area contributed by atoms with Crippen LogP contribution in [0.25, 0.3) is 0 Å². The second-order valence-corrected chi connectivity index (χ2v) is 6.00. The molecular weight excluding hydrogens is 260 g/mol. The van der Waals surface area contributed by atoms with Crippen LogP contribution in [0.5, 0.6) is 0 Å². The Morgan fingerprint density at radius 3 is 2.74 bits per heavy atom. The SMILES string of the molecule is O=C(O)CCC1C2C=CC(C2)C1c1ccccc1Cl. The highest BCUT2D eigenvalue weighted by molar-refractivity contribution is 6.31. The lowest BCUT2D eigenvalue weighted by atomic mass is 9.76. The van der Waals surface area contributed by atoms with E-state index in [0.717, 1.165) is 17.9 Å². The maximum Gasteiger partial charge on any atom is 0.303 e. The van der Waals surface area contributed by atoms with Gasteiger partial charge in [-0.1, -0.05) is 42.0 Å². The Labute approximate surface area is 118 Å². The van der Waals surface area contributed by atoms with E-state index in [-0.39, 0.29) is 6.42 Å². The number of rotatable bonds is 4. The molecule has 1 saturated carbocycles. The van der Waals surface area contributed by atoms with Crippen molar-refractivity contribution in [3.05, 3.63) is 47.0 Å². The second kappa shape index (κ2) is 5.01. The van der Waals surface area contributed by atoms with Crippen LogP contribution >= 0.6 is 11.6 Å². The third-order valence-electron chi connectivity index (χ3n) is 4.58. The third-order valence-corrected chi connectivity index (χ3v) is 4.92. The first-order valence-corrected chi connectivity index (χ1v) is 7.19. The molecule has 1 fully saturated rings. The van der Waals surface area contributed by atoms with Gasteiger partial charge in [-0.25, -0.2) is 0 Å². The Bertz CT molecular complexity index is 523. The highest BCUT2D eigenvalue weighted by Crippen LogP contribution is 2.55. The molecule has 2 aliphatic carbocycles. The highest BCUT2D eigenvalue weighted by atomic mass is 35.5. The van der Waals surface area contributed by atoms with Crippen LogP contribution in [-0.2, 0) is 4.79 Å². The summed E-state index contributed by atoms with van der Waals surface area (Å²) in [7, 11) is 0. The molecule has 0 saturated heterocycles. The van der Waals surface area contributed by atoms with Crippen LogP contribution in [0.1, 0.15) is 30.7 Å². The fourth-order valence-corrected chi connectivity index (χ4v) is 4.08. The van der Waals surface area contributed by atoms with Gasteiger partial charge in [-0.15, -0.1) is 0 Å². The van der Waals surface area contributed by atoms with E-state index in [9.17, 15) is 4.79 Å². The van der Waals surface area contributed by atoms with E-state index in [4.69, 9.17) is 16.7 Å². The van der Waals surface area contributed by atoms with Crippen LogP contribution in [-0.4, -0.2) is 11.1 Å². The molecule has 3 rings (SSSR count). The van der Waals surface area contributed by atoms with Gasteiger partial charge in [-0.3, -0.25) is 4.79 Å². The van der Waals surface area contributed by atoms with Gasteiger partial charge in [0.2, 0.25) is 0 Å². The van der Waals surface area contributed by atoms with Gasteiger partial charge < -0.3 is 5.11 Å². The maximum atomic E-state index is 10.8. The Kier molecular flexibility index (Phi) is 3.36. The average Bonchev–Trinajstić information content (AvgIpc) is 2.97. The molecular formula is C16H17ClO2. The zero-order chi connectivity index (χ0) is 13.4. The molecule has 0 heterocycles. The number of hydrogen-bond acceptors (Lipinski definition) is 1. The van der Waals surface area contributed by atoms with E-state index in [2.05, 4.69) is 18.2 Å². The summed E-state index contributed by atoms with van der Waals surface area (Å²) in [5.74, 6) is 1.17. The summed E-state index contributed by atoms with van der Waals surface area (Å²) in [5, 5.41) is 9.73. The normalized spacial score (nSPS) is 31.8. The zero-order valence-electron chi connectivity index (χ0n) is 10.6. The molecule has 0 radical (unpaired) electrons. The number of halogens is 1. The number of fused-ring (bicyclic) bond motifs is 2. The minimum Gasteiger partial charge on any atom is -0.481 e. The number of aliphatic carboxylic acids is 1. The quantitative estimate of drug-likeness (QED) is 0.840. The first kappa shape index (κ1) is 12.7. The predicted octanol–water partition coefficient (Wildman–Crippen LogP) is 4.11. The molecule has 0 spiro atoms. The van der Waals surface area contributed by atoms with Crippen LogP contribution in [0.3, 0.4) is 0 Å². The Morgan fingerprint density at radius 2 is 2.00 bits per heavy atom. The van der Waals surface area contributed by atoms with Crippen molar-refractivity contribution in [2.45, 2.75) is 25.2 Å². The molecule has 19 heavy (non-hydrogen) atoms. The fraction of sp³-hybridized carbons (Fsp3) is 0.438. The van der Waals surface area contributed by atoms with E-state index in [1.165, 1.54) is 5.56 Å². The zero-order valence-corrected chi connectivity index (χ0v) is 11.4. The number of hydrogen-bond donors (Lipinski definition) is 1. The molecule has 3 heteroatoms. The van der Waals surface area contributed by atoms with Crippen LogP contribution in [0, 0.1) is 17.8 Å². The standard InChI is InChI=1S/C16H17ClO2/c17-14-4-2-1-3-13(14)16-11-6-5-10(9-11)12(16)7-8-15(18)19/h1-6,10-12,16H,7-9H2,(H,18,19). The van der Waals surface area contributed by atoms with E-state index in [0.29, 0.717) is 23.7 Å². The van der Waals surface area contributed by atoms with Gasteiger partial charge in [0.1, 0.15) is 0 Å². The molecule has 0 amide bonds. The molecule has 4 unspecified atom stereocenters. The monoisotopic (exact) mass is 276 g/mol. The van der Waals surface area contributed by atoms with Crippen LogP contribution in [0.2, 0.25) is 5.02 Å². The van der Waals surface area contributed by atoms with Crippen molar-refractivity contribution in [2.24, 2.45) is 17.8 Å². The summed E-state index contributed by atoms with van der Waals surface area (Å²) in [6, 6.07) is 7.99. The third kappa shape index (κ3) is 2.30. The summed E-state index contributed by atoms with van der Waals surface area (Å²) in [4.78, 5) is 10.8. The lowest BCUT2D eigenvalue weighted by Gasteiger charge is -2.28. The van der Waals surface area contributed by atoms with E-state index < -0.39 is 5.97 Å². The highest BCUT2D eigenvalue weighted by Gasteiger charge is 2.45. The molecule has 1 aromatic carbocycles. The van der Waals surface area contributed by atoms with E-state index >= 15 is 0 Å². The van der Waals surface area contributed by atoms with Gasteiger partial charge >= 0.3 is 5.97 Å². The molecule has 2 aliphatic rings. The Hall–Kier alpha value is -1.28. The Morgan fingerprint density at radius 1 is 1.26 bits per heavy atom. The number of carboxylic acids is 1. The first-order valence-electron chi connectivity index (χ1n) is 6.81. The predicted molar refractivity (Wildman–Crippen MR) is 75.3 cm³/mol. The first-order chi connectivity index (χ1) is 9.16. The van der Waals surface area contributed by atoms with Gasteiger partial charge in [0.05, 0.1) is 0 Å². The van der Waals surface area contributed by atoms with Crippen molar-refractivity contribution in [1.82, 2.24) is 0 Å². The minimum absolute atomic E-state index is 0.253.